The lowest BCUT2D eigenvalue weighted by Gasteiger charge is -2.24. The average Bonchev–Trinajstić information content (AvgIpc) is 3.27. The molecule has 3 unspecified atom stereocenters. The van der Waals surface area contributed by atoms with Crippen LogP contribution in [-0.4, -0.2) is 10.8 Å². The molecular weight excluding hydrogens is 416 g/mol. The molecule has 1 saturated carbocycles. The predicted molar refractivity (Wildman–Crippen MR) is 139 cm³/mol. The quantitative estimate of drug-likeness (QED) is 0.353. The van der Waals surface area contributed by atoms with Crippen LogP contribution in [0.25, 0.3) is 6.08 Å². The number of Topliss-reactive ketones (excluding diaryl/α,β-unsaturated/α-hetero) is 1. The van der Waals surface area contributed by atoms with E-state index < -0.39 is 0 Å². The molecule has 1 aromatic heterocycles. The number of ketones is 1. The zero-order valence-electron chi connectivity index (χ0n) is 21.3. The molecule has 0 spiro atoms. The van der Waals surface area contributed by atoms with E-state index in [0.717, 1.165) is 79.2 Å². The van der Waals surface area contributed by atoms with Gasteiger partial charge < -0.3 is 0 Å². The number of hydrogen-bond acceptors (Lipinski definition) is 3. The molecule has 0 N–H and O–H groups in total. The van der Waals surface area contributed by atoms with Crippen molar-refractivity contribution in [2.24, 2.45) is 23.7 Å². The summed E-state index contributed by atoms with van der Waals surface area (Å²) in [6.07, 6.45) is 20.0. The van der Waals surface area contributed by atoms with E-state index in [1.165, 1.54) is 36.8 Å². The van der Waals surface area contributed by atoms with Crippen LogP contribution in [0.15, 0.2) is 41.1 Å². The van der Waals surface area contributed by atoms with Crippen molar-refractivity contribution in [3.63, 3.8) is 0 Å². The van der Waals surface area contributed by atoms with Crippen LogP contribution in [0.4, 0.5) is 0 Å². The van der Waals surface area contributed by atoms with Crippen LogP contribution >= 0.6 is 0 Å². The minimum Gasteiger partial charge on any atom is -0.294 e. The number of aromatic nitrogens is 1. The summed E-state index contributed by atoms with van der Waals surface area (Å²) in [6.45, 7) is 6.91. The second-order valence-electron chi connectivity index (χ2n) is 11.2. The standard InChI is InChI=1S/C31H40N2O/c1-21(2)7-10-26(14-13-24-6-4-5-22(24)3)31(34)28-17-18-33-30-16-15-27(19-29(28)30)25-11-8-23(20-32)9-12-25/h8,11,17-19,21-22,24,26H,4-7,9-10,12-16H2,1-3H3. The number of nitrogens with zero attached hydrogens (tertiary/aromatic N) is 2. The number of allylic oxidation sites excluding steroid dienone is 5. The highest BCUT2D eigenvalue weighted by Gasteiger charge is 2.29. The number of pyridine rings is 1. The van der Waals surface area contributed by atoms with Crippen molar-refractivity contribution in [3.8, 4) is 6.07 Å². The second kappa shape index (κ2) is 11.3. The van der Waals surface area contributed by atoms with Crippen molar-refractivity contribution in [2.45, 2.75) is 91.4 Å². The molecule has 3 atom stereocenters. The summed E-state index contributed by atoms with van der Waals surface area (Å²) in [6, 6.07) is 4.24. The Labute approximate surface area is 206 Å². The number of carbonyl (C=O) groups is 1. The van der Waals surface area contributed by atoms with Crippen molar-refractivity contribution in [3.05, 3.63) is 58.0 Å². The van der Waals surface area contributed by atoms with Gasteiger partial charge in [-0.3, -0.25) is 9.78 Å². The Morgan fingerprint density at radius 2 is 1.91 bits per heavy atom. The van der Waals surface area contributed by atoms with Crippen LogP contribution in [0.1, 0.15) is 107 Å². The maximum atomic E-state index is 14.0. The van der Waals surface area contributed by atoms with Gasteiger partial charge in [0.25, 0.3) is 0 Å². The minimum atomic E-state index is 0.107. The molecule has 1 fully saturated rings. The van der Waals surface area contributed by atoms with Gasteiger partial charge >= 0.3 is 0 Å². The Balaban J connectivity index is 1.58. The Kier molecular flexibility index (Phi) is 8.19. The number of carbonyl (C=O) groups excluding carboxylic acids is 1. The molecule has 0 bridgehead atoms. The zero-order chi connectivity index (χ0) is 24.1. The maximum absolute atomic E-state index is 14.0. The molecule has 34 heavy (non-hydrogen) atoms. The Hall–Kier alpha value is -2.47. The first kappa shape index (κ1) is 24.6. The SMILES string of the molecule is CC(C)CCC(CCC1CCCC1C)C(=O)c1ccnc2c1C=C(C1=CC=C(C#N)CC1)CC2. The van der Waals surface area contributed by atoms with Crippen LogP contribution in [0, 0.1) is 35.0 Å². The first-order valence-corrected chi connectivity index (χ1v) is 13.5. The van der Waals surface area contributed by atoms with Gasteiger partial charge in [-0.25, -0.2) is 0 Å². The monoisotopic (exact) mass is 456 g/mol. The molecule has 3 nitrogen and oxygen atoms in total. The van der Waals surface area contributed by atoms with E-state index >= 15 is 0 Å². The zero-order valence-corrected chi connectivity index (χ0v) is 21.3. The van der Waals surface area contributed by atoms with Crippen LogP contribution < -0.4 is 0 Å². The third-order valence-electron chi connectivity index (χ3n) is 8.38. The topological polar surface area (TPSA) is 53.8 Å². The number of aryl methyl sites for hydroxylation is 1. The normalized spacial score (nSPS) is 23.0. The fourth-order valence-corrected chi connectivity index (χ4v) is 6.07. The molecule has 0 amide bonds. The second-order valence-corrected chi connectivity index (χ2v) is 11.2. The van der Waals surface area contributed by atoms with E-state index in [4.69, 9.17) is 5.26 Å². The largest absolute Gasteiger partial charge is 0.294 e. The molecule has 3 aliphatic rings. The van der Waals surface area contributed by atoms with E-state index in [1.54, 1.807) is 0 Å². The Bertz CT molecular complexity index is 1040. The highest BCUT2D eigenvalue weighted by Crippen LogP contribution is 2.38. The number of rotatable bonds is 9. The van der Waals surface area contributed by atoms with E-state index in [0.29, 0.717) is 11.7 Å². The molecule has 0 aromatic carbocycles. The van der Waals surface area contributed by atoms with Gasteiger partial charge in [-0.1, -0.05) is 52.5 Å². The lowest BCUT2D eigenvalue weighted by Crippen LogP contribution is -2.20. The van der Waals surface area contributed by atoms with E-state index in [-0.39, 0.29) is 5.92 Å². The number of hydrogen-bond donors (Lipinski definition) is 0. The van der Waals surface area contributed by atoms with Crippen LogP contribution in [-0.2, 0) is 6.42 Å². The summed E-state index contributed by atoms with van der Waals surface area (Å²) < 4.78 is 0. The van der Waals surface area contributed by atoms with Crippen molar-refractivity contribution in [1.29, 1.82) is 5.26 Å². The van der Waals surface area contributed by atoms with Gasteiger partial charge in [-0.2, -0.15) is 5.26 Å². The van der Waals surface area contributed by atoms with Crippen molar-refractivity contribution < 1.29 is 4.79 Å². The van der Waals surface area contributed by atoms with Gasteiger partial charge in [-0.15, -0.1) is 0 Å². The summed E-state index contributed by atoms with van der Waals surface area (Å²) in [4.78, 5) is 18.6. The third kappa shape index (κ3) is 5.77. The Morgan fingerprint density at radius 3 is 2.59 bits per heavy atom. The first-order valence-electron chi connectivity index (χ1n) is 13.5. The molecule has 0 aliphatic heterocycles. The van der Waals surface area contributed by atoms with Crippen LogP contribution in [0.2, 0.25) is 0 Å². The molecule has 1 aromatic rings. The Morgan fingerprint density at radius 1 is 1.09 bits per heavy atom. The average molecular weight is 457 g/mol. The van der Waals surface area contributed by atoms with Crippen molar-refractivity contribution in [1.82, 2.24) is 4.98 Å². The molecule has 1 heterocycles. The molecule has 4 rings (SSSR count). The van der Waals surface area contributed by atoms with Gasteiger partial charge in [0.15, 0.2) is 5.78 Å². The lowest BCUT2D eigenvalue weighted by atomic mass is 9.80. The summed E-state index contributed by atoms with van der Waals surface area (Å²) >= 11 is 0. The van der Waals surface area contributed by atoms with Gasteiger partial charge in [-0.05, 0) is 92.1 Å². The third-order valence-corrected chi connectivity index (χ3v) is 8.38. The lowest BCUT2D eigenvalue weighted by molar-refractivity contribution is 0.0894. The van der Waals surface area contributed by atoms with Gasteiger partial charge in [0.05, 0.1) is 6.07 Å². The molecule has 3 aliphatic carbocycles. The fraction of sp³-hybridized carbons (Fsp3) is 0.581. The predicted octanol–water partition coefficient (Wildman–Crippen LogP) is 8.03. The summed E-state index contributed by atoms with van der Waals surface area (Å²) in [5.74, 6) is 2.64. The number of nitriles is 1. The van der Waals surface area contributed by atoms with Crippen molar-refractivity contribution >= 4 is 11.9 Å². The van der Waals surface area contributed by atoms with Gasteiger partial charge in [0.1, 0.15) is 0 Å². The summed E-state index contributed by atoms with van der Waals surface area (Å²) in [5.41, 5.74) is 6.45. The molecule has 3 heteroatoms. The molecule has 0 radical (unpaired) electrons. The molecule has 0 saturated heterocycles. The smallest absolute Gasteiger partial charge is 0.166 e. The molecule has 180 valence electrons. The highest BCUT2D eigenvalue weighted by molar-refractivity contribution is 6.01. The van der Waals surface area contributed by atoms with E-state index in [1.807, 2.05) is 18.3 Å². The number of fused-ring (bicyclic) bond motifs is 1. The fourth-order valence-electron chi connectivity index (χ4n) is 6.07. The van der Waals surface area contributed by atoms with Crippen LogP contribution in [0.3, 0.4) is 0 Å². The highest BCUT2D eigenvalue weighted by atomic mass is 16.1. The van der Waals surface area contributed by atoms with Crippen LogP contribution in [0.5, 0.6) is 0 Å². The van der Waals surface area contributed by atoms with E-state index in [9.17, 15) is 4.79 Å². The first-order chi connectivity index (χ1) is 16.5. The van der Waals surface area contributed by atoms with Gasteiger partial charge in [0, 0.05) is 34.5 Å². The molecular formula is C31H40N2O. The minimum absolute atomic E-state index is 0.107. The van der Waals surface area contributed by atoms with Crippen molar-refractivity contribution in [2.75, 3.05) is 0 Å². The maximum Gasteiger partial charge on any atom is 0.166 e. The van der Waals surface area contributed by atoms with Gasteiger partial charge in [0.2, 0.25) is 0 Å². The summed E-state index contributed by atoms with van der Waals surface area (Å²) in [5, 5.41) is 9.16. The summed E-state index contributed by atoms with van der Waals surface area (Å²) in [7, 11) is 0. The van der Waals surface area contributed by atoms with E-state index in [2.05, 4.69) is 44.0 Å².